The number of thiophene rings is 1. The second-order valence-corrected chi connectivity index (χ2v) is 20.3. The van der Waals surface area contributed by atoms with Gasteiger partial charge in [0.15, 0.2) is 0 Å². The summed E-state index contributed by atoms with van der Waals surface area (Å²) < 4.78 is 9.82. The molecule has 0 bridgehead atoms. The van der Waals surface area contributed by atoms with Crippen molar-refractivity contribution < 1.29 is 4.42 Å². The van der Waals surface area contributed by atoms with Gasteiger partial charge in [0.05, 0.1) is 22.5 Å². The van der Waals surface area contributed by atoms with E-state index in [-0.39, 0.29) is 5.41 Å². The highest BCUT2D eigenvalue weighted by Crippen LogP contribution is 2.62. The van der Waals surface area contributed by atoms with E-state index in [1.807, 2.05) is 11.3 Å². The number of anilines is 5. The standard InChI is InChI=1S/C61H43BN2OS/c1-60(2,3)37-32-33-50(43(34-37)36-18-5-4-6-19-36)64-51-35-44-40-22-9-15-30-52(40)65-58(44)54(55(51)62-59-57(64)41-23-10-16-31-53(41)66-59)42-24-17-28-48-56(42)63-49-29-14-13-27-47(49)61(48)45-25-11-7-20-38(45)39-21-8-12-26-46(39)61/h4-35,62-63H,1-3H3. The topological polar surface area (TPSA) is 28.4 Å². The minimum atomic E-state index is -0.535. The summed E-state index contributed by atoms with van der Waals surface area (Å²) in [6.07, 6.45) is 0. The Morgan fingerprint density at radius 3 is 1.98 bits per heavy atom. The molecule has 2 aliphatic heterocycles. The van der Waals surface area contributed by atoms with Gasteiger partial charge in [-0.15, -0.1) is 11.3 Å². The van der Waals surface area contributed by atoms with Crippen LogP contribution in [0.15, 0.2) is 199 Å². The van der Waals surface area contributed by atoms with E-state index in [9.17, 15) is 0 Å². The molecular formula is C61H43BN2OS. The maximum atomic E-state index is 7.19. The van der Waals surface area contributed by atoms with Crippen LogP contribution in [0.5, 0.6) is 0 Å². The number of furan rings is 1. The molecule has 1 aliphatic carbocycles. The van der Waals surface area contributed by atoms with Gasteiger partial charge in [0, 0.05) is 48.9 Å². The first-order chi connectivity index (χ1) is 32.4. The molecule has 0 unspecified atom stereocenters. The number of hydrogen-bond donors (Lipinski definition) is 1. The van der Waals surface area contributed by atoms with E-state index in [4.69, 9.17) is 4.42 Å². The van der Waals surface area contributed by atoms with Crippen molar-refractivity contribution in [3.63, 3.8) is 0 Å². The number of nitrogens with one attached hydrogen (secondary N) is 1. The Hall–Kier alpha value is -7.60. The first-order valence-electron chi connectivity index (χ1n) is 23.1. The van der Waals surface area contributed by atoms with Crippen molar-refractivity contribution in [1.29, 1.82) is 0 Å². The second-order valence-electron chi connectivity index (χ2n) is 19.2. The molecule has 0 saturated heterocycles. The number of fused-ring (bicyclic) bond motifs is 16. The van der Waals surface area contributed by atoms with Crippen molar-refractivity contribution in [3.8, 4) is 33.4 Å². The van der Waals surface area contributed by atoms with Crippen molar-refractivity contribution >= 4 is 89.3 Å². The van der Waals surface area contributed by atoms with Crippen molar-refractivity contribution in [3.05, 3.63) is 222 Å². The minimum absolute atomic E-state index is 0.0348. The zero-order chi connectivity index (χ0) is 43.9. The van der Waals surface area contributed by atoms with Gasteiger partial charge in [0.25, 0.3) is 0 Å². The molecule has 3 nitrogen and oxygen atoms in total. The molecule has 0 fully saturated rings. The van der Waals surface area contributed by atoms with Gasteiger partial charge >= 0.3 is 0 Å². The van der Waals surface area contributed by atoms with Gasteiger partial charge in [-0.1, -0.05) is 178 Å². The van der Waals surface area contributed by atoms with Gasteiger partial charge in [-0.3, -0.25) is 0 Å². The highest BCUT2D eigenvalue weighted by atomic mass is 32.1. The summed E-state index contributed by atoms with van der Waals surface area (Å²) in [5, 5.41) is 7.61. The summed E-state index contributed by atoms with van der Waals surface area (Å²) in [4.78, 5) is 2.61. The lowest BCUT2D eigenvalue weighted by Gasteiger charge is -2.41. The lowest BCUT2D eigenvalue weighted by Crippen LogP contribution is -2.39. The molecule has 5 heteroatoms. The molecule has 1 spiro atoms. The average Bonchev–Trinajstić information content (AvgIpc) is 4.01. The normalized spacial score (nSPS) is 14.0. The Bertz CT molecular complexity index is 3790. The van der Waals surface area contributed by atoms with Gasteiger partial charge in [-0.2, -0.15) is 0 Å². The Labute approximate surface area is 388 Å². The van der Waals surface area contributed by atoms with E-state index in [0.29, 0.717) is 0 Å². The molecule has 4 heterocycles. The molecule has 11 aromatic rings. The second kappa shape index (κ2) is 13.7. The first kappa shape index (κ1) is 37.7. The third-order valence-corrected chi connectivity index (χ3v) is 15.8. The lowest BCUT2D eigenvalue weighted by atomic mass is 9.61. The summed E-state index contributed by atoms with van der Waals surface area (Å²) in [5.41, 5.74) is 22.1. The zero-order valence-electron chi connectivity index (χ0n) is 36.9. The molecule has 2 aromatic heterocycles. The van der Waals surface area contributed by atoms with Crippen LogP contribution in [0.4, 0.5) is 28.4 Å². The summed E-state index contributed by atoms with van der Waals surface area (Å²) >= 11 is 1.92. The largest absolute Gasteiger partial charge is 0.455 e. The van der Waals surface area contributed by atoms with E-state index >= 15 is 0 Å². The van der Waals surface area contributed by atoms with Gasteiger partial charge in [0.1, 0.15) is 11.2 Å². The zero-order valence-corrected chi connectivity index (χ0v) is 37.8. The first-order valence-corrected chi connectivity index (χ1v) is 23.9. The van der Waals surface area contributed by atoms with Crippen LogP contribution in [0, 0.1) is 0 Å². The SMILES string of the molecule is CC(C)(C)c1ccc(N2c3cc4c(oc5ccccc54)c(-c4cccc5c4Nc4ccccc4C54c5ccccc5-c5ccccc54)c3Bc3sc4ccccc4c32)c(-c2ccccc2)c1. The van der Waals surface area contributed by atoms with Crippen LogP contribution in [0.25, 0.3) is 65.4 Å². The molecule has 0 radical (unpaired) electrons. The van der Waals surface area contributed by atoms with Gasteiger partial charge in [0.2, 0.25) is 7.28 Å². The molecule has 9 aromatic carbocycles. The van der Waals surface area contributed by atoms with Crippen LogP contribution in [0.1, 0.15) is 48.6 Å². The smallest absolute Gasteiger partial charge is 0.211 e. The minimum Gasteiger partial charge on any atom is -0.455 e. The third kappa shape index (κ3) is 5.09. The van der Waals surface area contributed by atoms with E-state index in [1.54, 1.807) is 0 Å². The summed E-state index contributed by atoms with van der Waals surface area (Å²) in [5.74, 6) is 0. The highest BCUT2D eigenvalue weighted by molar-refractivity contribution is 7.29. The molecule has 3 aliphatic rings. The Balaban J connectivity index is 1.12. The van der Waals surface area contributed by atoms with E-state index in [0.717, 1.165) is 51.7 Å². The summed E-state index contributed by atoms with van der Waals surface area (Å²) in [6.45, 7) is 6.93. The fraction of sp³-hybridized carbons (Fsp3) is 0.0820. The molecule has 1 N–H and O–H groups in total. The number of nitrogens with zero attached hydrogens (tertiary/aromatic N) is 1. The molecule has 66 heavy (non-hydrogen) atoms. The third-order valence-electron chi connectivity index (χ3n) is 14.7. The molecule has 14 rings (SSSR count). The van der Waals surface area contributed by atoms with Crippen LogP contribution in [0.3, 0.4) is 0 Å². The van der Waals surface area contributed by atoms with Gasteiger partial charge < -0.3 is 14.6 Å². The fourth-order valence-electron chi connectivity index (χ4n) is 11.8. The Kier molecular flexibility index (Phi) is 7.84. The van der Waals surface area contributed by atoms with Crippen LogP contribution >= 0.6 is 11.3 Å². The predicted octanol–water partition coefficient (Wildman–Crippen LogP) is 15.0. The fourth-order valence-corrected chi connectivity index (χ4v) is 13.0. The van der Waals surface area contributed by atoms with Crippen LogP contribution in [-0.4, -0.2) is 7.28 Å². The van der Waals surface area contributed by atoms with E-state index in [2.05, 4.69) is 225 Å². The number of rotatable bonds is 3. The van der Waals surface area contributed by atoms with Crippen molar-refractivity contribution in [2.24, 2.45) is 0 Å². The molecular weight excluding hydrogens is 820 g/mol. The number of benzene rings is 9. The number of hydrogen-bond acceptors (Lipinski definition) is 4. The quantitative estimate of drug-likeness (QED) is 0.179. The predicted molar refractivity (Wildman–Crippen MR) is 280 cm³/mol. The lowest BCUT2D eigenvalue weighted by molar-refractivity contribution is 0.590. The Morgan fingerprint density at radius 2 is 1.20 bits per heavy atom. The molecule has 0 saturated carbocycles. The molecule has 0 atom stereocenters. The van der Waals surface area contributed by atoms with Gasteiger partial charge in [-0.25, -0.2) is 0 Å². The molecule has 0 amide bonds. The Morgan fingerprint density at radius 1 is 0.545 bits per heavy atom. The van der Waals surface area contributed by atoms with Crippen LogP contribution in [0.2, 0.25) is 0 Å². The molecule has 312 valence electrons. The van der Waals surface area contributed by atoms with Crippen molar-refractivity contribution in [2.45, 2.75) is 31.6 Å². The maximum Gasteiger partial charge on any atom is 0.211 e. The average molecular weight is 863 g/mol. The highest BCUT2D eigenvalue weighted by Gasteiger charge is 2.50. The van der Waals surface area contributed by atoms with Crippen LogP contribution in [-0.2, 0) is 10.8 Å². The van der Waals surface area contributed by atoms with Crippen molar-refractivity contribution in [2.75, 3.05) is 10.2 Å². The van der Waals surface area contributed by atoms with E-state index in [1.165, 1.54) is 87.5 Å². The van der Waals surface area contributed by atoms with Gasteiger partial charge in [-0.05, 0) is 96.6 Å². The van der Waals surface area contributed by atoms with Crippen LogP contribution < -0.4 is 20.5 Å². The van der Waals surface area contributed by atoms with Crippen molar-refractivity contribution in [1.82, 2.24) is 0 Å². The number of para-hydroxylation sites is 3. The monoisotopic (exact) mass is 862 g/mol. The summed E-state index contributed by atoms with van der Waals surface area (Å²) in [7, 11) is 0.765. The summed E-state index contributed by atoms with van der Waals surface area (Å²) in [6, 6.07) is 72.1. The van der Waals surface area contributed by atoms with E-state index < -0.39 is 5.41 Å². The maximum absolute atomic E-state index is 7.19.